The molecule has 0 fully saturated rings. The molecule has 2 rings (SSSR count). The van der Waals surface area contributed by atoms with Crippen LogP contribution in [-0.4, -0.2) is 27.9 Å². The van der Waals surface area contributed by atoms with Gasteiger partial charge in [0, 0.05) is 8.59 Å². The molecule has 0 aliphatic rings. The molecule has 2 aromatic rings. The van der Waals surface area contributed by atoms with E-state index in [0.717, 1.165) is 9.13 Å². The van der Waals surface area contributed by atoms with E-state index in [1.54, 1.807) is 12.1 Å². The average Bonchev–Trinajstić information content (AvgIpc) is 2.80. The number of ether oxygens (including phenoxy) is 1. The monoisotopic (exact) mass is 394 g/mol. The molecule has 1 heterocycles. The molecule has 19 heavy (non-hydrogen) atoms. The second kappa shape index (κ2) is 6.31. The first-order valence-electron chi connectivity index (χ1n) is 5.13. The molecule has 0 unspecified atom stereocenters. The molecule has 8 heteroatoms. The van der Waals surface area contributed by atoms with Crippen molar-refractivity contribution in [1.29, 1.82) is 0 Å². The smallest absolute Gasteiger partial charge is 0.329 e. The zero-order valence-electron chi connectivity index (χ0n) is 9.47. The van der Waals surface area contributed by atoms with Crippen molar-refractivity contribution in [2.45, 2.75) is 6.61 Å². The zero-order valence-corrected chi connectivity index (χ0v) is 12.4. The van der Waals surface area contributed by atoms with Crippen LogP contribution in [0.5, 0.6) is 0 Å². The van der Waals surface area contributed by atoms with Crippen molar-refractivity contribution in [3.05, 3.63) is 32.7 Å². The maximum absolute atomic E-state index is 10.3. The first-order valence-corrected chi connectivity index (χ1v) is 6.59. The predicted molar refractivity (Wildman–Crippen MR) is 74.8 cm³/mol. The van der Waals surface area contributed by atoms with Gasteiger partial charge >= 0.3 is 5.97 Å². The molecule has 0 bridgehead atoms. The van der Waals surface area contributed by atoms with E-state index in [1.807, 2.05) is 6.07 Å². The Morgan fingerprint density at radius 3 is 3.00 bits per heavy atom. The highest BCUT2D eigenvalue weighted by Crippen LogP contribution is 2.27. The van der Waals surface area contributed by atoms with Gasteiger partial charge < -0.3 is 14.3 Å². The number of aromatic nitrogens is 2. The van der Waals surface area contributed by atoms with E-state index < -0.39 is 12.6 Å². The summed E-state index contributed by atoms with van der Waals surface area (Å²) < 4.78 is 11.2. The Balaban J connectivity index is 2.12. The molecule has 1 aromatic heterocycles. The van der Waals surface area contributed by atoms with E-state index in [-0.39, 0.29) is 12.5 Å². The highest BCUT2D eigenvalue weighted by Gasteiger charge is 2.12. The van der Waals surface area contributed by atoms with Crippen LogP contribution in [0.15, 0.2) is 22.6 Å². The number of carbonyl (C=O) groups is 1. The standard InChI is InChI=1S/C11H8ClIN2O4/c12-6-1-2-8(13)7(3-6)11-15-14-9(19-11)4-18-5-10(16)17/h1-3H,4-5H2,(H,16,17). The van der Waals surface area contributed by atoms with Crippen LogP contribution in [0.3, 0.4) is 0 Å². The maximum atomic E-state index is 10.3. The molecule has 0 amide bonds. The van der Waals surface area contributed by atoms with Crippen LogP contribution in [0.4, 0.5) is 0 Å². The van der Waals surface area contributed by atoms with Crippen molar-refractivity contribution < 1.29 is 19.1 Å². The Hall–Kier alpha value is -1.19. The quantitative estimate of drug-likeness (QED) is 0.785. The Morgan fingerprint density at radius 1 is 1.47 bits per heavy atom. The Labute approximate surface area is 126 Å². The van der Waals surface area contributed by atoms with Crippen molar-refractivity contribution in [3.8, 4) is 11.5 Å². The van der Waals surface area contributed by atoms with Crippen molar-refractivity contribution in [2.75, 3.05) is 6.61 Å². The number of halogens is 2. The first-order chi connectivity index (χ1) is 9.06. The molecule has 1 aromatic carbocycles. The largest absolute Gasteiger partial charge is 0.480 e. The lowest BCUT2D eigenvalue weighted by Crippen LogP contribution is -2.06. The molecular weight excluding hydrogens is 386 g/mol. The lowest BCUT2D eigenvalue weighted by atomic mass is 10.2. The number of carboxylic acid groups (broad SMARTS) is 1. The molecule has 0 saturated heterocycles. The van der Waals surface area contributed by atoms with Crippen molar-refractivity contribution in [1.82, 2.24) is 10.2 Å². The average molecular weight is 395 g/mol. The van der Waals surface area contributed by atoms with Gasteiger partial charge in [-0.1, -0.05) is 11.6 Å². The summed E-state index contributed by atoms with van der Waals surface area (Å²) in [6.07, 6.45) is 0. The van der Waals surface area contributed by atoms with Crippen molar-refractivity contribution >= 4 is 40.2 Å². The number of hydrogen-bond acceptors (Lipinski definition) is 5. The van der Waals surface area contributed by atoms with Gasteiger partial charge in [-0.2, -0.15) is 0 Å². The van der Waals surface area contributed by atoms with Crippen molar-refractivity contribution in [3.63, 3.8) is 0 Å². The molecule has 0 aliphatic carbocycles. The molecule has 1 N–H and O–H groups in total. The Morgan fingerprint density at radius 2 is 2.26 bits per heavy atom. The van der Waals surface area contributed by atoms with Crippen LogP contribution in [-0.2, 0) is 16.1 Å². The van der Waals surface area contributed by atoms with Gasteiger partial charge in [0.25, 0.3) is 0 Å². The van der Waals surface area contributed by atoms with Crippen LogP contribution in [0.2, 0.25) is 5.02 Å². The van der Waals surface area contributed by atoms with Crippen LogP contribution in [0.1, 0.15) is 5.89 Å². The number of aliphatic carboxylic acids is 1. The van der Waals surface area contributed by atoms with Crippen LogP contribution in [0.25, 0.3) is 11.5 Å². The highest BCUT2D eigenvalue weighted by atomic mass is 127. The minimum Gasteiger partial charge on any atom is -0.480 e. The van der Waals surface area contributed by atoms with Gasteiger partial charge in [-0.3, -0.25) is 0 Å². The summed E-state index contributed by atoms with van der Waals surface area (Å²) in [6, 6.07) is 5.32. The summed E-state index contributed by atoms with van der Waals surface area (Å²) >= 11 is 8.04. The second-order valence-corrected chi connectivity index (χ2v) is 5.11. The van der Waals surface area contributed by atoms with E-state index in [9.17, 15) is 4.79 Å². The van der Waals surface area contributed by atoms with Gasteiger partial charge in [0.1, 0.15) is 13.2 Å². The molecule has 0 spiro atoms. The molecule has 0 atom stereocenters. The Kier molecular flexibility index (Phi) is 4.72. The third-order valence-corrected chi connectivity index (χ3v) is 3.25. The number of rotatable bonds is 5. The first kappa shape index (κ1) is 14.2. The number of hydrogen-bond donors (Lipinski definition) is 1. The summed E-state index contributed by atoms with van der Waals surface area (Å²) in [5, 5.41) is 16.7. The van der Waals surface area contributed by atoms with Crippen molar-refractivity contribution in [2.24, 2.45) is 0 Å². The molecule has 0 aliphatic heterocycles. The lowest BCUT2D eigenvalue weighted by molar-refractivity contribution is -0.142. The van der Waals surface area contributed by atoms with Crippen LogP contribution >= 0.6 is 34.2 Å². The van der Waals surface area contributed by atoms with Crippen LogP contribution < -0.4 is 0 Å². The van der Waals surface area contributed by atoms with Gasteiger partial charge in [0.05, 0.1) is 5.56 Å². The third-order valence-electron chi connectivity index (χ3n) is 2.08. The SMILES string of the molecule is O=C(O)COCc1nnc(-c2cc(Cl)ccc2I)o1. The lowest BCUT2D eigenvalue weighted by Gasteiger charge is -1.99. The normalized spacial score (nSPS) is 10.6. The minimum atomic E-state index is -1.05. The van der Waals surface area contributed by atoms with Crippen LogP contribution in [0, 0.1) is 3.57 Å². The van der Waals surface area contributed by atoms with E-state index in [4.69, 9.17) is 25.9 Å². The minimum absolute atomic E-state index is 0.0452. The number of carboxylic acids is 1. The van der Waals surface area contributed by atoms with Gasteiger partial charge in [0.15, 0.2) is 0 Å². The van der Waals surface area contributed by atoms with E-state index >= 15 is 0 Å². The fourth-order valence-corrected chi connectivity index (χ4v) is 2.05. The summed E-state index contributed by atoms with van der Waals surface area (Å²) in [6.45, 7) is -0.455. The van der Waals surface area contributed by atoms with E-state index in [2.05, 4.69) is 32.8 Å². The predicted octanol–water partition coefficient (Wildman–Crippen LogP) is 2.60. The van der Waals surface area contributed by atoms with Gasteiger partial charge in [-0.25, -0.2) is 4.79 Å². The molecule has 0 radical (unpaired) electrons. The van der Waals surface area contributed by atoms with E-state index in [0.29, 0.717) is 10.9 Å². The zero-order chi connectivity index (χ0) is 13.8. The van der Waals surface area contributed by atoms with E-state index in [1.165, 1.54) is 0 Å². The van der Waals surface area contributed by atoms with Gasteiger partial charge in [-0.15, -0.1) is 10.2 Å². The highest BCUT2D eigenvalue weighted by molar-refractivity contribution is 14.1. The third kappa shape index (κ3) is 3.88. The summed E-state index contributed by atoms with van der Waals surface area (Å²) in [5.41, 5.74) is 0.727. The summed E-state index contributed by atoms with van der Waals surface area (Å²) in [7, 11) is 0. The van der Waals surface area contributed by atoms with Gasteiger partial charge in [0.2, 0.25) is 11.8 Å². The number of nitrogens with zero attached hydrogens (tertiary/aromatic N) is 2. The maximum Gasteiger partial charge on any atom is 0.329 e. The topological polar surface area (TPSA) is 85.5 Å². The molecule has 6 nitrogen and oxygen atoms in total. The molecule has 0 saturated carbocycles. The summed E-state index contributed by atoms with van der Waals surface area (Å²) in [4.78, 5) is 10.3. The second-order valence-electron chi connectivity index (χ2n) is 3.51. The Bertz CT molecular complexity index is 602. The number of benzene rings is 1. The summed E-state index contributed by atoms with van der Waals surface area (Å²) in [5.74, 6) is -0.517. The van der Waals surface area contributed by atoms with Gasteiger partial charge in [-0.05, 0) is 40.8 Å². The fraction of sp³-hybridized carbons (Fsp3) is 0.182. The molecular formula is C11H8ClIN2O4. The molecule has 100 valence electrons. The fourth-order valence-electron chi connectivity index (χ4n) is 1.31.